The highest BCUT2D eigenvalue weighted by Crippen LogP contribution is 2.11. The third-order valence-electron chi connectivity index (χ3n) is 1.28. The Morgan fingerprint density at radius 3 is 2.56 bits per heavy atom. The van der Waals surface area contributed by atoms with Crippen molar-refractivity contribution in [3.63, 3.8) is 0 Å². The first-order chi connectivity index (χ1) is 4.34. The Morgan fingerprint density at radius 2 is 2.11 bits per heavy atom. The summed E-state index contributed by atoms with van der Waals surface area (Å²) >= 11 is 0. The van der Waals surface area contributed by atoms with Gasteiger partial charge in [0.25, 0.3) is 0 Å². The molecule has 0 saturated carbocycles. The number of hydrazine groups is 1. The zero-order valence-corrected chi connectivity index (χ0v) is 5.09. The van der Waals surface area contributed by atoms with Crippen LogP contribution in [0.2, 0.25) is 0 Å². The lowest BCUT2D eigenvalue weighted by atomic mass is 10.1. The number of aliphatic hydroxyl groups is 1. The van der Waals surface area contributed by atoms with E-state index in [1.54, 1.807) is 6.08 Å². The lowest BCUT2D eigenvalue weighted by Gasteiger charge is -2.08. The van der Waals surface area contributed by atoms with Gasteiger partial charge in [-0.1, -0.05) is 6.08 Å². The van der Waals surface area contributed by atoms with Crippen molar-refractivity contribution in [1.82, 2.24) is 5.43 Å². The number of hydrogen-bond acceptors (Lipinski definition) is 3. The van der Waals surface area contributed by atoms with Crippen LogP contribution in [0.4, 0.5) is 0 Å². The van der Waals surface area contributed by atoms with E-state index in [9.17, 15) is 0 Å². The summed E-state index contributed by atoms with van der Waals surface area (Å²) in [5.41, 5.74) is 3.02. The van der Waals surface area contributed by atoms with Gasteiger partial charge in [-0.25, -0.2) is 0 Å². The van der Waals surface area contributed by atoms with Crippen molar-refractivity contribution in [3.05, 3.63) is 23.6 Å². The van der Waals surface area contributed by atoms with E-state index in [0.717, 1.165) is 12.8 Å². The van der Waals surface area contributed by atoms with Crippen LogP contribution in [-0.2, 0) is 0 Å². The molecule has 0 heterocycles. The summed E-state index contributed by atoms with van der Waals surface area (Å²) in [4.78, 5) is 0. The molecule has 0 aromatic carbocycles. The molecule has 0 aliphatic heterocycles. The Kier molecular flexibility index (Phi) is 1.75. The Bertz CT molecular complexity index is 160. The zero-order chi connectivity index (χ0) is 6.69. The van der Waals surface area contributed by atoms with Gasteiger partial charge < -0.3 is 10.5 Å². The third-order valence-corrected chi connectivity index (χ3v) is 1.28. The first kappa shape index (κ1) is 6.16. The standard InChI is InChI=1S/C6H10N2O/c7-8-5-3-1-2-4-6(5)9/h3-4,8-9H,1-2,7H2. The van der Waals surface area contributed by atoms with Gasteiger partial charge in [-0.05, 0) is 18.9 Å². The van der Waals surface area contributed by atoms with Crippen LogP contribution in [-0.4, -0.2) is 5.11 Å². The average Bonchev–Trinajstić information content (AvgIpc) is 1.89. The summed E-state index contributed by atoms with van der Waals surface area (Å²) in [7, 11) is 0. The Labute approximate surface area is 53.8 Å². The predicted molar refractivity (Wildman–Crippen MR) is 35.4 cm³/mol. The van der Waals surface area contributed by atoms with Crippen molar-refractivity contribution < 1.29 is 5.11 Å². The Morgan fingerprint density at radius 1 is 1.44 bits per heavy atom. The summed E-state index contributed by atoms with van der Waals surface area (Å²) in [6, 6.07) is 0. The van der Waals surface area contributed by atoms with Gasteiger partial charge in [0.15, 0.2) is 0 Å². The van der Waals surface area contributed by atoms with Crippen LogP contribution in [0, 0.1) is 0 Å². The smallest absolute Gasteiger partial charge is 0.135 e. The van der Waals surface area contributed by atoms with E-state index < -0.39 is 0 Å². The Hall–Kier alpha value is -0.960. The molecular weight excluding hydrogens is 116 g/mol. The van der Waals surface area contributed by atoms with Crippen LogP contribution in [0.3, 0.4) is 0 Å². The molecule has 0 unspecified atom stereocenters. The van der Waals surface area contributed by atoms with Crippen molar-refractivity contribution in [2.45, 2.75) is 12.8 Å². The van der Waals surface area contributed by atoms with Crippen LogP contribution in [0.25, 0.3) is 0 Å². The van der Waals surface area contributed by atoms with Crippen LogP contribution in [0.1, 0.15) is 12.8 Å². The molecule has 0 atom stereocenters. The molecule has 0 radical (unpaired) electrons. The minimum Gasteiger partial charge on any atom is -0.506 e. The number of aliphatic hydroxyl groups excluding tert-OH is 1. The van der Waals surface area contributed by atoms with E-state index >= 15 is 0 Å². The van der Waals surface area contributed by atoms with Crippen molar-refractivity contribution in [2.75, 3.05) is 0 Å². The second kappa shape index (κ2) is 2.55. The van der Waals surface area contributed by atoms with Gasteiger partial charge in [0.1, 0.15) is 5.76 Å². The van der Waals surface area contributed by atoms with E-state index in [4.69, 9.17) is 10.9 Å². The van der Waals surface area contributed by atoms with E-state index in [0.29, 0.717) is 5.70 Å². The molecule has 0 aromatic rings. The van der Waals surface area contributed by atoms with Gasteiger partial charge in [0, 0.05) is 0 Å². The molecule has 0 amide bonds. The fourth-order valence-corrected chi connectivity index (χ4v) is 0.795. The van der Waals surface area contributed by atoms with Gasteiger partial charge in [-0.2, -0.15) is 0 Å². The summed E-state index contributed by atoms with van der Waals surface area (Å²) in [6.07, 6.45) is 5.46. The molecule has 4 N–H and O–H groups in total. The maximum atomic E-state index is 9.02. The highest BCUT2D eigenvalue weighted by atomic mass is 16.3. The van der Waals surface area contributed by atoms with Crippen molar-refractivity contribution in [3.8, 4) is 0 Å². The minimum absolute atomic E-state index is 0.253. The molecule has 3 heteroatoms. The lowest BCUT2D eigenvalue weighted by Crippen LogP contribution is -2.23. The molecule has 1 aliphatic rings. The number of nitrogens with one attached hydrogen (secondary N) is 1. The largest absolute Gasteiger partial charge is 0.506 e. The van der Waals surface area contributed by atoms with Crippen molar-refractivity contribution in [1.29, 1.82) is 0 Å². The van der Waals surface area contributed by atoms with E-state index in [1.165, 1.54) is 0 Å². The van der Waals surface area contributed by atoms with Gasteiger partial charge in [-0.3, -0.25) is 5.84 Å². The molecular formula is C6H10N2O. The Balaban J connectivity index is 2.68. The van der Waals surface area contributed by atoms with E-state index in [2.05, 4.69) is 5.43 Å². The highest BCUT2D eigenvalue weighted by molar-refractivity contribution is 5.25. The van der Waals surface area contributed by atoms with E-state index in [-0.39, 0.29) is 5.76 Å². The number of rotatable bonds is 1. The maximum absolute atomic E-state index is 9.02. The van der Waals surface area contributed by atoms with Crippen LogP contribution in [0.5, 0.6) is 0 Å². The summed E-state index contributed by atoms with van der Waals surface area (Å²) in [5.74, 6) is 5.33. The van der Waals surface area contributed by atoms with E-state index in [1.807, 2.05) is 6.08 Å². The van der Waals surface area contributed by atoms with Crippen molar-refractivity contribution in [2.24, 2.45) is 5.84 Å². The molecule has 0 spiro atoms. The second-order valence-corrected chi connectivity index (χ2v) is 1.93. The molecule has 9 heavy (non-hydrogen) atoms. The number of nitrogens with two attached hydrogens (primary N) is 1. The molecule has 3 nitrogen and oxygen atoms in total. The molecule has 1 aliphatic carbocycles. The van der Waals surface area contributed by atoms with Gasteiger partial charge in [0.05, 0.1) is 5.70 Å². The second-order valence-electron chi connectivity index (χ2n) is 1.93. The third kappa shape index (κ3) is 1.23. The average molecular weight is 126 g/mol. The van der Waals surface area contributed by atoms with Gasteiger partial charge in [0.2, 0.25) is 0 Å². The molecule has 0 aromatic heterocycles. The van der Waals surface area contributed by atoms with Crippen LogP contribution < -0.4 is 11.3 Å². The molecule has 0 fully saturated rings. The first-order valence-corrected chi connectivity index (χ1v) is 2.91. The summed E-state index contributed by atoms with van der Waals surface area (Å²) < 4.78 is 0. The topological polar surface area (TPSA) is 58.3 Å². The number of hydrogen-bond donors (Lipinski definition) is 3. The minimum atomic E-state index is 0.253. The molecule has 1 rings (SSSR count). The quantitative estimate of drug-likeness (QED) is 0.355. The van der Waals surface area contributed by atoms with Crippen molar-refractivity contribution >= 4 is 0 Å². The first-order valence-electron chi connectivity index (χ1n) is 2.91. The van der Waals surface area contributed by atoms with Crippen LogP contribution >= 0.6 is 0 Å². The molecule has 0 bridgehead atoms. The van der Waals surface area contributed by atoms with Crippen LogP contribution in [0.15, 0.2) is 23.6 Å². The predicted octanol–water partition coefficient (Wildman–Crippen LogP) is 0.569. The monoisotopic (exact) mass is 126 g/mol. The fraction of sp³-hybridized carbons (Fsp3) is 0.333. The maximum Gasteiger partial charge on any atom is 0.135 e. The number of allylic oxidation sites excluding steroid dienone is 2. The van der Waals surface area contributed by atoms with Gasteiger partial charge >= 0.3 is 0 Å². The summed E-state index contributed by atoms with van der Waals surface area (Å²) in [6.45, 7) is 0. The lowest BCUT2D eigenvalue weighted by molar-refractivity contribution is 0.407. The highest BCUT2D eigenvalue weighted by Gasteiger charge is 2.03. The summed E-state index contributed by atoms with van der Waals surface area (Å²) in [5, 5.41) is 9.02. The molecule has 50 valence electrons. The SMILES string of the molecule is NNC1=CCCC=C1O. The molecule has 0 saturated heterocycles. The fourth-order valence-electron chi connectivity index (χ4n) is 0.795. The van der Waals surface area contributed by atoms with Gasteiger partial charge in [-0.15, -0.1) is 0 Å². The zero-order valence-electron chi connectivity index (χ0n) is 5.09. The normalized spacial score (nSPS) is 18.3.